The summed E-state index contributed by atoms with van der Waals surface area (Å²) >= 11 is 0. The highest BCUT2D eigenvalue weighted by molar-refractivity contribution is 6.22. The van der Waals surface area contributed by atoms with Gasteiger partial charge in [-0.2, -0.15) is 0 Å². The first kappa shape index (κ1) is 79.2. The zero-order valence-corrected chi connectivity index (χ0v) is 61.3. The number of rotatable bonds is 21. The van der Waals surface area contributed by atoms with Crippen molar-refractivity contribution in [3.63, 3.8) is 0 Å². The first-order chi connectivity index (χ1) is 50.3. The van der Waals surface area contributed by atoms with Gasteiger partial charge in [0.15, 0.2) is 11.3 Å². The van der Waals surface area contributed by atoms with E-state index in [1.54, 1.807) is 70.2 Å². The first-order valence-electron chi connectivity index (χ1n) is 35.5. The van der Waals surface area contributed by atoms with Crippen LogP contribution in [0, 0.1) is 36.5 Å². The molecule has 10 atom stereocenters. The number of ketones is 1. The number of Topliss-reactive ketones (excluding diaryl/α,β-unsaturated/α-hetero) is 1. The number of hydrogen-bond donors (Lipinski definition) is 9. The lowest BCUT2D eigenvalue weighted by atomic mass is 9.79. The molecule has 9 amide bonds. The summed E-state index contributed by atoms with van der Waals surface area (Å²) in [4.78, 5) is 156. The second kappa shape index (κ2) is 34.4. The van der Waals surface area contributed by atoms with Crippen LogP contribution in [0.5, 0.6) is 17.2 Å². The number of phenolic OH excluding ortho intramolecular Hbond substituents is 2. The number of urea groups is 1. The van der Waals surface area contributed by atoms with Crippen LogP contribution < -0.4 is 47.4 Å². The van der Waals surface area contributed by atoms with Crippen molar-refractivity contribution in [2.24, 2.45) is 35.3 Å². The average Bonchev–Trinajstić information content (AvgIpc) is 1.35. The predicted octanol–water partition coefficient (Wildman–Crippen LogP) is 7.64. The zero-order chi connectivity index (χ0) is 77.2. The Labute approximate surface area is 612 Å². The summed E-state index contributed by atoms with van der Waals surface area (Å²) in [5.74, 6) is -10.1. The van der Waals surface area contributed by atoms with Gasteiger partial charge in [0.2, 0.25) is 23.2 Å². The van der Waals surface area contributed by atoms with Crippen LogP contribution in [-0.4, -0.2) is 172 Å². The summed E-state index contributed by atoms with van der Waals surface area (Å²) in [6.45, 7) is 17.5. The summed E-state index contributed by atoms with van der Waals surface area (Å²) < 4.78 is 36.4. The minimum absolute atomic E-state index is 0.0224. The number of esters is 1. The molecule has 5 aliphatic heterocycles. The van der Waals surface area contributed by atoms with E-state index in [2.05, 4.69) is 26.6 Å². The van der Waals surface area contributed by atoms with E-state index in [0.717, 1.165) is 4.90 Å². The number of nitrogens with zero attached hydrogens (tertiary/aromatic N) is 4. The fraction of sp³-hybridized carbons (Fsp3) is 0.474. The summed E-state index contributed by atoms with van der Waals surface area (Å²) in [5.41, 5.74) is 4.69. The van der Waals surface area contributed by atoms with Gasteiger partial charge in [-0.1, -0.05) is 78.3 Å². The summed E-state index contributed by atoms with van der Waals surface area (Å²) in [7, 11) is 1.44. The number of carbonyl (C=O) groups is 10. The van der Waals surface area contributed by atoms with Gasteiger partial charge in [0, 0.05) is 131 Å². The standard InChI is InChI=1S/C76H94N10O20/c1-39(2)60(81-54(89)20-13-12-14-29-86-55(90)25-26-56(86)91)73(98)80-50(19-16-28-78-74(77)99)72(97)79-48-23-21-47(22-24-48)38-102-75(100)85-32-30-84(31-33-85)49-36-51(88)61-53(37-49)105-69-62(82-61)57-58-65(93)45(8)68-59(57)70(95)76(10,106-68)103-34-27-52(101-11)43(6)67(104-46(9)87)44(7)64(92)42(5)35-40(3)17-15-18-41(4)71(96)83-63(69)66(58)94/h15,17-18,21-27,34,36-37,39-40,42-44,50,52,60,64,67,88,92-93H,12-14,16,19-20,28-33,35,38H2,1-11H3,(H,79,97)(H,80,98)(H,81,89)(H,83,96)(H3,77,78,99)/b17-15+,34-27+,41-18-/t40-,42+,43+,44+,50-,52-,60?,64+,67+,76-/m0/s1. The Hall–Kier alpha value is -10.9. The number of benzene rings is 4. The number of aromatic hydroxyl groups is 2. The Morgan fingerprint density at radius 2 is 1.57 bits per heavy atom. The normalized spacial score (nSPS) is 23.2. The van der Waals surface area contributed by atoms with Gasteiger partial charge >= 0.3 is 23.9 Å². The van der Waals surface area contributed by atoms with Gasteiger partial charge < -0.3 is 85.5 Å². The number of anilines is 3. The van der Waals surface area contributed by atoms with Crippen LogP contribution in [0.25, 0.3) is 33.3 Å². The van der Waals surface area contributed by atoms with E-state index in [-0.39, 0.29) is 145 Å². The Bertz CT molecular complexity index is 4350. The molecular weight excluding hydrogens is 1370 g/mol. The van der Waals surface area contributed by atoms with Gasteiger partial charge in [-0.25, -0.2) is 14.6 Å². The number of amides is 9. The van der Waals surface area contributed by atoms with E-state index in [9.17, 15) is 58.5 Å². The van der Waals surface area contributed by atoms with E-state index in [4.69, 9.17) is 38.8 Å². The van der Waals surface area contributed by atoms with Crippen LogP contribution in [-0.2, 0) is 59.1 Å². The third-order valence-corrected chi connectivity index (χ3v) is 19.7. The summed E-state index contributed by atoms with van der Waals surface area (Å²) in [5, 5.41) is 48.5. The number of fused-ring (bicyclic) bond motifs is 2. The minimum Gasteiger partial charge on any atom is -0.507 e. The molecule has 9 rings (SSSR count). The van der Waals surface area contributed by atoms with Crippen molar-refractivity contribution >= 4 is 98.3 Å². The minimum atomic E-state index is -2.15. The zero-order valence-electron chi connectivity index (χ0n) is 61.3. The summed E-state index contributed by atoms with van der Waals surface area (Å²) in [6, 6.07) is 6.57. The quantitative estimate of drug-likeness (QED) is 0.0112. The Kier molecular flexibility index (Phi) is 25.7. The molecule has 30 nitrogen and oxygen atoms in total. The fourth-order valence-corrected chi connectivity index (χ4v) is 13.6. The molecule has 1 saturated heterocycles. The fourth-order valence-electron chi connectivity index (χ4n) is 13.6. The number of aromatic nitrogens is 1. The molecule has 0 aromatic heterocycles. The second-order valence-corrected chi connectivity index (χ2v) is 28.0. The molecule has 10 N–H and O–H groups in total. The number of piperazine rings is 1. The number of aliphatic hydroxyl groups excluding tert-OH is 1. The van der Waals surface area contributed by atoms with E-state index in [0.29, 0.717) is 42.6 Å². The van der Waals surface area contributed by atoms with Crippen LogP contribution in [0.1, 0.15) is 129 Å². The number of nitrogens with two attached hydrogens (primary N) is 1. The molecule has 30 heteroatoms. The Morgan fingerprint density at radius 3 is 2.23 bits per heavy atom. The van der Waals surface area contributed by atoms with Crippen molar-refractivity contribution in [3.8, 4) is 28.7 Å². The highest BCUT2D eigenvalue weighted by Crippen LogP contribution is 2.51. The van der Waals surface area contributed by atoms with Gasteiger partial charge in [-0.15, -0.1) is 0 Å². The smallest absolute Gasteiger partial charge is 0.410 e. The van der Waals surface area contributed by atoms with Gasteiger partial charge in [-0.05, 0) is 87.5 Å². The highest BCUT2D eigenvalue weighted by atomic mass is 16.7. The second-order valence-electron chi connectivity index (χ2n) is 28.0. The third-order valence-electron chi connectivity index (χ3n) is 19.7. The summed E-state index contributed by atoms with van der Waals surface area (Å²) in [6.07, 6.45) is 9.36. The maximum atomic E-state index is 15.1. The molecule has 6 aliphatic rings. The van der Waals surface area contributed by atoms with E-state index >= 15 is 9.59 Å². The van der Waals surface area contributed by atoms with Gasteiger partial charge in [0.25, 0.3) is 23.5 Å². The maximum absolute atomic E-state index is 15.1. The predicted molar refractivity (Wildman–Crippen MR) is 390 cm³/mol. The number of hydrogen-bond acceptors (Lipinski definition) is 22. The number of ether oxygens (including phenoxy) is 5. The number of primary amides is 1. The van der Waals surface area contributed by atoms with Crippen LogP contribution >= 0.6 is 0 Å². The number of phenols is 2. The molecule has 0 radical (unpaired) electrons. The number of nitrogens with one attached hydrogen (secondary N) is 5. The maximum Gasteiger partial charge on any atom is 0.410 e. The van der Waals surface area contributed by atoms with Gasteiger partial charge in [0.05, 0.1) is 29.4 Å². The number of aliphatic hydroxyl groups is 1. The number of imide groups is 1. The molecule has 5 heterocycles. The first-order valence-corrected chi connectivity index (χ1v) is 35.5. The third kappa shape index (κ3) is 18.2. The van der Waals surface area contributed by atoms with Crippen molar-refractivity contribution in [1.82, 2.24) is 30.7 Å². The van der Waals surface area contributed by atoms with E-state index < -0.39 is 124 Å². The van der Waals surface area contributed by atoms with Gasteiger partial charge in [-0.3, -0.25) is 48.1 Å². The molecule has 0 spiro atoms. The van der Waals surface area contributed by atoms with Crippen molar-refractivity contribution in [1.29, 1.82) is 0 Å². The molecule has 3 aromatic carbocycles. The van der Waals surface area contributed by atoms with E-state index in [1.807, 2.05) is 24.8 Å². The van der Waals surface area contributed by atoms with Crippen molar-refractivity contribution < 1.29 is 91.4 Å². The van der Waals surface area contributed by atoms with Gasteiger partial charge in [0.1, 0.15) is 58.9 Å². The van der Waals surface area contributed by atoms with Crippen molar-refractivity contribution in [2.75, 3.05) is 61.9 Å². The van der Waals surface area contributed by atoms with Crippen LogP contribution in [0.2, 0.25) is 0 Å². The average molecular weight is 1470 g/mol. The lowest BCUT2D eigenvalue weighted by Gasteiger charge is -2.36. The molecule has 3 aromatic rings. The lowest BCUT2D eigenvalue weighted by Crippen LogP contribution is -2.54. The molecule has 106 heavy (non-hydrogen) atoms. The van der Waals surface area contributed by atoms with E-state index in [1.165, 1.54) is 70.3 Å². The number of allylic oxidation sites excluding steroid dienone is 3. The highest BCUT2D eigenvalue weighted by Gasteiger charge is 2.50. The number of carbonyl (C=O) groups excluding carboxylic acids is 10. The molecule has 1 unspecified atom stereocenters. The van der Waals surface area contributed by atoms with Crippen LogP contribution in [0.4, 0.5) is 26.7 Å². The molecular formula is C76H94N10O20. The monoisotopic (exact) mass is 1470 g/mol. The SMILES string of the molecule is CO[C@H]1/C=C/O[C@@]2(C)Oc3c(C)c(O)c4c(=O)c(c5oc6cc(N7CCN(C(=O)OCc8ccc(NC(=O)[C@H](CCCNC(N)=O)NC(=O)C(NC(=O)CCCCCN9C(=O)C=CC9=O)C(C)C)cc8)CC7)cc(O)c6nc-5c4c3C2=O)NC(=O)/C(C)=C\C=C\[C@H](C)C[C@@H](C)[C@@H](O)[C@@H](C)[C@H](OC(C)=O)[C@@H]1C. The van der Waals surface area contributed by atoms with Crippen molar-refractivity contribution in [2.45, 2.75) is 157 Å². The molecule has 1 aliphatic carbocycles. The largest absolute Gasteiger partial charge is 0.507 e. The van der Waals surface area contributed by atoms with Crippen molar-refractivity contribution in [3.05, 3.63) is 112 Å². The Morgan fingerprint density at radius 1 is 0.868 bits per heavy atom. The topological polar surface area (TPSA) is 417 Å². The molecule has 4 bridgehead atoms. The lowest BCUT2D eigenvalue weighted by molar-refractivity contribution is -0.159. The van der Waals surface area contributed by atoms with Crippen LogP contribution in [0.3, 0.4) is 0 Å². The molecule has 1 fully saturated rings. The molecule has 0 saturated carbocycles. The van der Waals surface area contributed by atoms with Crippen LogP contribution in [0.15, 0.2) is 93.9 Å². The number of unbranched alkanes of at least 4 members (excludes halogenated alkanes) is 2. The number of methoxy groups -OCH3 is 1. The molecule has 568 valence electrons. The Balaban J connectivity index is 0.897.